The second kappa shape index (κ2) is 10.5. The van der Waals surface area contributed by atoms with E-state index in [-0.39, 0.29) is 22.8 Å². The number of nitrogens with zero attached hydrogens (tertiary/aromatic N) is 3. The molecular weight excluding hydrogens is 478 g/mol. The van der Waals surface area contributed by atoms with Crippen LogP contribution in [0.2, 0.25) is 0 Å². The van der Waals surface area contributed by atoms with Crippen LogP contribution in [0.4, 0.5) is 22.7 Å². The normalized spacial score (nSPS) is 10.9. The zero-order valence-electron chi connectivity index (χ0n) is 19.8. The van der Waals surface area contributed by atoms with E-state index < -0.39 is 16.6 Å². The molecule has 0 unspecified atom stereocenters. The second-order valence-corrected chi connectivity index (χ2v) is 7.77. The van der Waals surface area contributed by atoms with E-state index >= 15 is 0 Å². The van der Waals surface area contributed by atoms with E-state index in [2.05, 4.69) is 20.9 Å². The zero-order valence-corrected chi connectivity index (χ0v) is 19.8. The Morgan fingerprint density at radius 2 is 1.70 bits per heavy atom. The van der Waals surface area contributed by atoms with Gasteiger partial charge in [0.1, 0.15) is 17.1 Å². The van der Waals surface area contributed by atoms with Crippen molar-refractivity contribution in [3.8, 4) is 11.5 Å². The summed E-state index contributed by atoms with van der Waals surface area (Å²) < 4.78 is 5.34. The minimum Gasteiger partial charge on any atom is -0.505 e. The Balaban J connectivity index is 1.72. The highest BCUT2D eigenvalue weighted by Gasteiger charge is 2.19. The average molecular weight is 499 g/mol. The molecule has 4 rings (SSSR count). The van der Waals surface area contributed by atoms with Crippen LogP contribution in [0, 0.1) is 10.1 Å². The number of aromatic hydroxyl groups is 1. The lowest BCUT2D eigenvalue weighted by atomic mass is 10.0. The van der Waals surface area contributed by atoms with E-state index in [1.807, 2.05) is 0 Å². The van der Waals surface area contributed by atoms with Crippen LogP contribution in [-0.2, 0) is 0 Å². The van der Waals surface area contributed by atoms with Crippen LogP contribution in [0.1, 0.15) is 20.7 Å². The number of nitro groups is 1. The molecule has 11 nitrogen and oxygen atoms in total. The summed E-state index contributed by atoms with van der Waals surface area (Å²) in [6.45, 7) is 0. The molecule has 0 radical (unpaired) electrons. The van der Waals surface area contributed by atoms with E-state index in [1.165, 1.54) is 50.6 Å². The van der Waals surface area contributed by atoms with Gasteiger partial charge < -0.3 is 20.5 Å². The molecule has 0 saturated carbocycles. The fourth-order valence-electron chi connectivity index (χ4n) is 3.61. The van der Waals surface area contributed by atoms with Crippen LogP contribution >= 0.6 is 0 Å². The molecule has 3 N–H and O–H groups in total. The third-order valence-electron chi connectivity index (χ3n) is 5.50. The van der Waals surface area contributed by atoms with Crippen LogP contribution in [0.3, 0.4) is 0 Å². The predicted octanol–water partition coefficient (Wildman–Crippen LogP) is 5.49. The lowest BCUT2D eigenvalue weighted by molar-refractivity contribution is -0.384. The summed E-state index contributed by atoms with van der Waals surface area (Å²) in [6, 6.07) is 18.5. The van der Waals surface area contributed by atoms with E-state index in [4.69, 9.17) is 4.74 Å². The van der Waals surface area contributed by atoms with Crippen molar-refractivity contribution in [1.29, 1.82) is 0 Å². The number of hydrogen-bond acceptors (Lipinski definition) is 8. The number of rotatable bonds is 7. The van der Waals surface area contributed by atoms with Crippen molar-refractivity contribution in [2.24, 2.45) is 10.2 Å². The fourth-order valence-corrected chi connectivity index (χ4v) is 3.61. The topological polar surface area (TPSA) is 156 Å². The van der Waals surface area contributed by atoms with Crippen LogP contribution in [-0.4, -0.2) is 36.0 Å². The Morgan fingerprint density at radius 1 is 0.973 bits per heavy atom. The van der Waals surface area contributed by atoms with Gasteiger partial charge in [-0.15, -0.1) is 10.2 Å². The Bertz CT molecular complexity index is 1550. The van der Waals surface area contributed by atoms with Gasteiger partial charge in [0.2, 0.25) is 0 Å². The number of hydrogen-bond donors (Lipinski definition) is 3. The molecule has 0 saturated heterocycles. The van der Waals surface area contributed by atoms with E-state index in [0.29, 0.717) is 33.5 Å². The monoisotopic (exact) mass is 499 g/mol. The standard InChI is InChI=1S/C26H21N5O6/c1-27-25(33)16-7-12-21(22(14-16)37-2)29-30-23-19-6-4-3-5-15(19)13-20(24(23)32)26(34)28-17-8-10-18(11-9-17)31(35)36/h3-14,32H,1-2H3,(H,27,33)(H,28,34). The third-order valence-corrected chi connectivity index (χ3v) is 5.50. The Hall–Kier alpha value is -5.32. The van der Waals surface area contributed by atoms with Gasteiger partial charge in [0, 0.05) is 35.8 Å². The maximum atomic E-state index is 13.0. The first-order valence-electron chi connectivity index (χ1n) is 10.9. The van der Waals surface area contributed by atoms with Crippen LogP contribution in [0.5, 0.6) is 11.5 Å². The van der Waals surface area contributed by atoms with Gasteiger partial charge in [-0.1, -0.05) is 24.3 Å². The maximum absolute atomic E-state index is 13.0. The van der Waals surface area contributed by atoms with E-state index in [0.717, 1.165) is 0 Å². The first-order chi connectivity index (χ1) is 17.8. The van der Waals surface area contributed by atoms with Crippen molar-refractivity contribution < 1.29 is 24.4 Å². The zero-order chi connectivity index (χ0) is 26.5. The number of benzene rings is 4. The smallest absolute Gasteiger partial charge is 0.269 e. The van der Waals surface area contributed by atoms with Crippen molar-refractivity contribution in [2.45, 2.75) is 0 Å². The number of nitro benzene ring substituents is 1. The number of azo groups is 1. The van der Waals surface area contributed by atoms with Gasteiger partial charge in [0.15, 0.2) is 5.75 Å². The summed E-state index contributed by atoms with van der Waals surface area (Å²) in [4.78, 5) is 35.3. The van der Waals surface area contributed by atoms with Gasteiger partial charge >= 0.3 is 0 Å². The highest BCUT2D eigenvalue weighted by molar-refractivity contribution is 6.11. The van der Waals surface area contributed by atoms with E-state index in [9.17, 15) is 24.8 Å². The highest BCUT2D eigenvalue weighted by Crippen LogP contribution is 2.40. The Morgan fingerprint density at radius 3 is 2.38 bits per heavy atom. The summed E-state index contributed by atoms with van der Waals surface area (Å²) in [7, 11) is 2.94. The SMILES string of the molecule is CNC(=O)c1ccc(N=Nc2c(O)c(C(=O)Nc3ccc([N+](=O)[O-])cc3)cc3ccccc23)c(OC)c1. The van der Waals surface area contributed by atoms with Crippen molar-refractivity contribution >= 4 is 45.3 Å². The van der Waals surface area contributed by atoms with Gasteiger partial charge in [0.05, 0.1) is 17.6 Å². The molecular formula is C26H21N5O6. The number of amides is 2. The lowest BCUT2D eigenvalue weighted by Gasteiger charge is -2.11. The van der Waals surface area contributed by atoms with Crippen molar-refractivity contribution in [1.82, 2.24) is 5.32 Å². The largest absolute Gasteiger partial charge is 0.505 e. The fraction of sp³-hybridized carbons (Fsp3) is 0.0769. The number of carbonyl (C=O) groups is 2. The molecule has 0 bridgehead atoms. The number of nitrogens with one attached hydrogen (secondary N) is 2. The maximum Gasteiger partial charge on any atom is 0.269 e. The van der Waals surface area contributed by atoms with Crippen LogP contribution < -0.4 is 15.4 Å². The number of ether oxygens (including phenoxy) is 1. The third kappa shape index (κ3) is 5.20. The number of non-ortho nitro benzene ring substituents is 1. The molecule has 0 atom stereocenters. The van der Waals surface area contributed by atoms with Gasteiger partial charge in [-0.2, -0.15) is 0 Å². The number of phenolic OH excluding ortho intramolecular Hbond substituents is 1. The summed E-state index contributed by atoms with van der Waals surface area (Å²) >= 11 is 0. The van der Waals surface area contributed by atoms with Crippen molar-refractivity contribution in [3.63, 3.8) is 0 Å². The van der Waals surface area contributed by atoms with Crippen LogP contribution in [0.15, 0.2) is 83.0 Å². The molecule has 4 aromatic rings. The van der Waals surface area contributed by atoms with Gasteiger partial charge in [-0.05, 0) is 41.8 Å². The molecule has 0 aliphatic rings. The molecule has 0 aliphatic heterocycles. The molecule has 0 aliphatic carbocycles. The molecule has 11 heteroatoms. The molecule has 37 heavy (non-hydrogen) atoms. The molecule has 0 aromatic heterocycles. The summed E-state index contributed by atoms with van der Waals surface area (Å²) in [6.07, 6.45) is 0. The molecule has 0 heterocycles. The molecule has 0 spiro atoms. The number of phenols is 1. The summed E-state index contributed by atoms with van der Waals surface area (Å²) in [5.41, 5.74) is 0.869. The van der Waals surface area contributed by atoms with Crippen LogP contribution in [0.25, 0.3) is 10.8 Å². The minimum absolute atomic E-state index is 0.0596. The Labute approximate surface area is 210 Å². The second-order valence-electron chi connectivity index (χ2n) is 7.77. The minimum atomic E-state index is -0.638. The highest BCUT2D eigenvalue weighted by atomic mass is 16.6. The molecule has 2 amide bonds. The lowest BCUT2D eigenvalue weighted by Crippen LogP contribution is -2.17. The van der Waals surface area contributed by atoms with E-state index in [1.54, 1.807) is 36.4 Å². The first kappa shape index (κ1) is 24.8. The number of anilines is 1. The van der Waals surface area contributed by atoms with Crippen molar-refractivity contribution in [2.75, 3.05) is 19.5 Å². The number of carbonyl (C=O) groups excluding carboxylic acids is 2. The molecule has 4 aromatic carbocycles. The predicted molar refractivity (Wildman–Crippen MR) is 137 cm³/mol. The van der Waals surface area contributed by atoms with Gasteiger partial charge in [-0.25, -0.2) is 0 Å². The Kier molecular flexibility index (Phi) is 7.05. The number of fused-ring (bicyclic) bond motifs is 1. The summed E-state index contributed by atoms with van der Waals surface area (Å²) in [5.74, 6) is -1.04. The number of methoxy groups -OCH3 is 1. The average Bonchev–Trinajstić information content (AvgIpc) is 2.92. The first-order valence-corrected chi connectivity index (χ1v) is 10.9. The van der Waals surface area contributed by atoms with Gasteiger partial charge in [0.25, 0.3) is 17.5 Å². The molecule has 186 valence electrons. The van der Waals surface area contributed by atoms with Crippen molar-refractivity contribution in [3.05, 3.63) is 94.0 Å². The molecule has 0 fully saturated rings. The summed E-state index contributed by atoms with van der Waals surface area (Å²) in [5, 5.41) is 36.7. The van der Waals surface area contributed by atoms with Gasteiger partial charge in [-0.3, -0.25) is 19.7 Å². The quantitative estimate of drug-likeness (QED) is 0.173.